The second-order valence-corrected chi connectivity index (χ2v) is 6.10. The van der Waals surface area contributed by atoms with Crippen molar-refractivity contribution in [2.24, 2.45) is 11.8 Å². The van der Waals surface area contributed by atoms with Crippen molar-refractivity contribution in [3.63, 3.8) is 0 Å². The van der Waals surface area contributed by atoms with Crippen LogP contribution in [0.4, 0.5) is 0 Å². The summed E-state index contributed by atoms with van der Waals surface area (Å²) >= 11 is 0. The fraction of sp³-hybridized carbons (Fsp3) is 0.556. The molecule has 0 heterocycles. The Kier molecular flexibility index (Phi) is 10.7. The van der Waals surface area contributed by atoms with Crippen LogP contribution in [0.2, 0.25) is 0 Å². The maximum atomic E-state index is 10.8. The molecule has 0 unspecified atom stereocenters. The summed E-state index contributed by atoms with van der Waals surface area (Å²) in [7, 11) is 0. The number of aliphatic hydroxyl groups excluding tert-OH is 2. The Morgan fingerprint density at radius 1 is 1.12 bits per heavy atom. The molecule has 0 saturated heterocycles. The van der Waals surface area contributed by atoms with Gasteiger partial charge in [0, 0.05) is 6.08 Å². The molecule has 0 rings (SSSR count). The number of hydrogen-bond acceptors (Lipinski definition) is 4. The van der Waals surface area contributed by atoms with Crippen molar-refractivity contribution >= 4 is 11.9 Å². The molecular formula is C18H28O6. The van der Waals surface area contributed by atoms with E-state index in [0.717, 1.165) is 18.1 Å². The summed E-state index contributed by atoms with van der Waals surface area (Å²) in [5.41, 5.74) is 1.75. The number of rotatable bonds is 11. The fourth-order valence-electron chi connectivity index (χ4n) is 2.42. The van der Waals surface area contributed by atoms with E-state index in [0.29, 0.717) is 12.0 Å². The smallest absolute Gasteiger partial charge is 0.328 e. The van der Waals surface area contributed by atoms with Crippen LogP contribution in [0.25, 0.3) is 0 Å². The first-order valence-corrected chi connectivity index (χ1v) is 7.94. The Morgan fingerprint density at radius 2 is 1.75 bits per heavy atom. The van der Waals surface area contributed by atoms with Gasteiger partial charge in [-0.1, -0.05) is 30.7 Å². The monoisotopic (exact) mass is 340 g/mol. The molecule has 0 aliphatic heterocycles. The molecule has 0 aliphatic carbocycles. The average molecular weight is 340 g/mol. The van der Waals surface area contributed by atoms with Gasteiger partial charge in [-0.3, -0.25) is 4.79 Å². The van der Waals surface area contributed by atoms with Gasteiger partial charge in [-0.15, -0.1) is 0 Å². The van der Waals surface area contributed by atoms with E-state index in [9.17, 15) is 14.7 Å². The lowest BCUT2D eigenvalue weighted by molar-refractivity contribution is -0.147. The first-order chi connectivity index (χ1) is 11.2. The topological polar surface area (TPSA) is 115 Å². The third-order valence-corrected chi connectivity index (χ3v) is 3.54. The third kappa shape index (κ3) is 9.97. The Bertz CT molecular complexity index is 504. The van der Waals surface area contributed by atoms with E-state index in [1.807, 2.05) is 32.1 Å². The third-order valence-electron chi connectivity index (χ3n) is 3.54. The molecule has 0 amide bonds. The summed E-state index contributed by atoms with van der Waals surface area (Å²) in [5.74, 6) is -3.08. The molecule has 136 valence electrons. The van der Waals surface area contributed by atoms with Gasteiger partial charge in [0.25, 0.3) is 0 Å². The second kappa shape index (κ2) is 11.6. The quantitative estimate of drug-likeness (QED) is 0.261. The lowest BCUT2D eigenvalue weighted by atomic mass is 9.97. The summed E-state index contributed by atoms with van der Waals surface area (Å²) in [6.07, 6.45) is 7.36. The maximum Gasteiger partial charge on any atom is 0.328 e. The van der Waals surface area contributed by atoms with E-state index in [4.69, 9.17) is 15.3 Å². The zero-order chi connectivity index (χ0) is 18.7. The molecular weight excluding hydrogens is 312 g/mol. The highest BCUT2D eigenvalue weighted by atomic mass is 16.4. The highest BCUT2D eigenvalue weighted by Crippen LogP contribution is 2.16. The molecule has 0 bridgehead atoms. The number of aliphatic carboxylic acids is 2. The van der Waals surface area contributed by atoms with Crippen LogP contribution in [0.15, 0.2) is 35.5 Å². The van der Waals surface area contributed by atoms with Crippen LogP contribution in [0.3, 0.4) is 0 Å². The van der Waals surface area contributed by atoms with Gasteiger partial charge < -0.3 is 20.4 Å². The van der Waals surface area contributed by atoms with Crippen LogP contribution in [0.5, 0.6) is 0 Å². The minimum atomic E-state index is -1.20. The maximum absolute atomic E-state index is 10.8. The van der Waals surface area contributed by atoms with Crippen LogP contribution in [-0.4, -0.2) is 45.1 Å². The van der Waals surface area contributed by atoms with Crippen LogP contribution < -0.4 is 0 Å². The molecule has 0 spiro atoms. The number of carboxylic acids is 2. The Labute approximate surface area is 142 Å². The standard InChI is InChI=1S/C18H28O6/c1-12(8-13(2)9-14(3)10-17(21)22)6-4-5-7-16(20)15(11-19)18(23)24/h4,6,9-10,12,15-16,19-20H,5,7-8,11H2,1-3H3,(H,21,22)(H,23,24)/b6-4+,13-9+,14-10+/t12-,15-,16+/m1/s1. The molecule has 6 heteroatoms. The lowest BCUT2D eigenvalue weighted by Gasteiger charge is -2.15. The van der Waals surface area contributed by atoms with Gasteiger partial charge in [-0.2, -0.15) is 0 Å². The van der Waals surface area contributed by atoms with Gasteiger partial charge in [0.1, 0.15) is 5.92 Å². The second-order valence-electron chi connectivity index (χ2n) is 6.10. The zero-order valence-electron chi connectivity index (χ0n) is 14.5. The normalized spacial score (nSPS) is 16.9. The summed E-state index contributed by atoms with van der Waals surface area (Å²) < 4.78 is 0. The predicted octanol–water partition coefficient (Wildman–Crippen LogP) is 2.38. The SMILES string of the molecule is CC(=C\C(=O)O)/C=C(\C)C[C@H](C)/C=C/CC[C@H](O)[C@@H](CO)C(=O)O. The van der Waals surface area contributed by atoms with E-state index in [2.05, 4.69) is 0 Å². The van der Waals surface area contributed by atoms with Crippen molar-refractivity contribution in [1.82, 2.24) is 0 Å². The largest absolute Gasteiger partial charge is 0.481 e. The van der Waals surface area contributed by atoms with Crippen molar-refractivity contribution in [2.45, 2.75) is 46.1 Å². The molecule has 4 N–H and O–H groups in total. The first-order valence-electron chi connectivity index (χ1n) is 7.94. The number of hydrogen-bond donors (Lipinski definition) is 4. The summed E-state index contributed by atoms with van der Waals surface area (Å²) in [6, 6.07) is 0. The van der Waals surface area contributed by atoms with Gasteiger partial charge in [0.05, 0.1) is 12.7 Å². The molecule has 0 aromatic heterocycles. The molecule has 0 aromatic rings. The van der Waals surface area contributed by atoms with Gasteiger partial charge >= 0.3 is 11.9 Å². The lowest BCUT2D eigenvalue weighted by Crippen LogP contribution is -2.31. The van der Waals surface area contributed by atoms with Crippen molar-refractivity contribution in [2.75, 3.05) is 6.61 Å². The highest BCUT2D eigenvalue weighted by molar-refractivity contribution is 5.81. The minimum absolute atomic E-state index is 0.240. The molecule has 3 atom stereocenters. The number of carboxylic acid groups (broad SMARTS) is 2. The van der Waals surface area contributed by atoms with Crippen molar-refractivity contribution in [1.29, 1.82) is 0 Å². The van der Waals surface area contributed by atoms with Crippen LogP contribution in [0.1, 0.15) is 40.0 Å². The van der Waals surface area contributed by atoms with Crippen LogP contribution >= 0.6 is 0 Å². The van der Waals surface area contributed by atoms with E-state index >= 15 is 0 Å². The molecule has 0 saturated carbocycles. The van der Waals surface area contributed by atoms with Crippen molar-refractivity contribution in [3.8, 4) is 0 Å². The molecule has 0 radical (unpaired) electrons. The van der Waals surface area contributed by atoms with Gasteiger partial charge in [0.15, 0.2) is 0 Å². The van der Waals surface area contributed by atoms with Crippen molar-refractivity contribution < 1.29 is 30.0 Å². The number of allylic oxidation sites excluding steroid dienone is 5. The highest BCUT2D eigenvalue weighted by Gasteiger charge is 2.24. The van der Waals surface area contributed by atoms with Crippen molar-refractivity contribution in [3.05, 3.63) is 35.5 Å². The first kappa shape index (κ1) is 22.1. The fourth-order valence-corrected chi connectivity index (χ4v) is 2.42. The summed E-state index contributed by atoms with van der Waals surface area (Å²) in [5, 5.41) is 36.2. The van der Waals surface area contributed by atoms with E-state index in [1.54, 1.807) is 6.92 Å². The molecule has 0 aromatic carbocycles. The zero-order valence-corrected chi connectivity index (χ0v) is 14.5. The van der Waals surface area contributed by atoms with Crippen LogP contribution in [0, 0.1) is 11.8 Å². The number of aliphatic hydroxyl groups is 2. The summed E-state index contributed by atoms with van der Waals surface area (Å²) in [6.45, 7) is 5.11. The summed E-state index contributed by atoms with van der Waals surface area (Å²) in [4.78, 5) is 21.4. The predicted molar refractivity (Wildman–Crippen MR) is 91.5 cm³/mol. The van der Waals surface area contributed by atoms with E-state index < -0.39 is 30.6 Å². The van der Waals surface area contributed by atoms with Gasteiger partial charge in [-0.25, -0.2) is 4.79 Å². The average Bonchev–Trinajstić information content (AvgIpc) is 2.42. The molecule has 6 nitrogen and oxygen atoms in total. The molecule has 0 fully saturated rings. The van der Waals surface area contributed by atoms with E-state index in [-0.39, 0.29) is 12.3 Å². The minimum Gasteiger partial charge on any atom is -0.481 e. The Balaban J connectivity index is 4.35. The van der Waals surface area contributed by atoms with E-state index in [1.165, 1.54) is 0 Å². The Morgan fingerprint density at radius 3 is 2.25 bits per heavy atom. The molecule has 0 aliphatic rings. The van der Waals surface area contributed by atoms with Crippen LogP contribution in [-0.2, 0) is 9.59 Å². The van der Waals surface area contributed by atoms with Gasteiger partial charge in [-0.05, 0) is 44.6 Å². The Hall–Kier alpha value is -1.92. The van der Waals surface area contributed by atoms with Gasteiger partial charge in [0.2, 0.25) is 0 Å². The molecule has 24 heavy (non-hydrogen) atoms. The number of carbonyl (C=O) groups is 2.